The summed E-state index contributed by atoms with van der Waals surface area (Å²) in [6, 6.07) is 77.9. The highest BCUT2D eigenvalue weighted by molar-refractivity contribution is 6.12. The molecule has 0 aliphatic rings. The van der Waals surface area contributed by atoms with Gasteiger partial charge in [0.15, 0.2) is 0 Å². The molecule has 4 heteroatoms. The fraction of sp³-hybridized carbons (Fsp3) is 0. The van der Waals surface area contributed by atoms with E-state index in [2.05, 4.69) is 174 Å². The molecule has 0 amide bonds. The Kier molecular flexibility index (Phi) is 9.49. The minimum Gasteiger partial charge on any atom is -0.421 e. The van der Waals surface area contributed by atoms with E-state index < -0.39 is 0 Å². The van der Waals surface area contributed by atoms with Crippen molar-refractivity contribution in [2.75, 3.05) is 0 Å². The number of nitrogens with one attached hydrogen (secondary N) is 2. The van der Waals surface area contributed by atoms with E-state index in [1.807, 2.05) is 42.5 Å². The molecule has 0 spiro atoms. The molecule has 10 aromatic rings. The average molecular weight is 770 g/mol. The smallest absolute Gasteiger partial charge is 0.221 e. The maximum absolute atomic E-state index is 8.57. The number of hydrogen-bond donors (Lipinski definition) is 2. The summed E-state index contributed by atoms with van der Waals surface area (Å²) in [5.74, 6) is -0.116. The van der Waals surface area contributed by atoms with Crippen LogP contribution in [0.25, 0.3) is 83.1 Å². The van der Waals surface area contributed by atoms with E-state index in [0.29, 0.717) is 11.1 Å². The lowest BCUT2D eigenvalue weighted by Gasteiger charge is -2.15. The minimum atomic E-state index is -0.0638. The Hall–Kier alpha value is -8.08. The minimum absolute atomic E-state index is 0.0521. The first-order chi connectivity index (χ1) is 29.6. The fourth-order valence-corrected chi connectivity index (χ4v) is 8.26. The van der Waals surface area contributed by atoms with Crippen molar-refractivity contribution in [1.82, 2.24) is 4.57 Å². The summed E-state index contributed by atoms with van der Waals surface area (Å²) >= 11 is 0. The number of rotatable bonds is 8. The summed E-state index contributed by atoms with van der Waals surface area (Å²) in [5.41, 5.74) is 16.1. The van der Waals surface area contributed by atoms with Crippen molar-refractivity contribution in [2.45, 2.75) is 0 Å². The summed E-state index contributed by atoms with van der Waals surface area (Å²) in [6.07, 6.45) is 0. The topological polar surface area (TPSA) is 61.9 Å². The van der Waals surface area contributed by atoms with Gasteiger partial charge in [0.1, 0.15) is 0 Å². The van der Waals surface area contributed by atoms with Gasteiger partial charge >= 0.3 is 0 Å². The summed E-state index contributed by atoms with van der Waals surface area (Å²) in [4.78, 5) is 0. The van der Waals surface area contributed by atoms with Gasteiger partial charge in [-0.25, -0.2) is 0 Å². The second-order valence-electron chi connectivity index (χ2n) is 14.9. The molecule has 0 saturated heterocycles. The zero-order valence-corrected chi connectivity index (χ0v) is 32.7. The van der Waals surface area contributed by atoms with E-state index in [0.717, 1.165) is 50.1 Å². The molecular weight excluding hydrogens is 731 g/mol. The molecule has 284 valence electrons. The summed E-state index contributed by atoms with van der Waals surface area (Å²) in [7, 11) is 0. The lowest BCUT2D eigenvalue weighted by atomic mass is 9.89. The second kappa shape index (κ2) is 15.7. The molecule has 0 atom stereocenters. The van der Waals surface area contributed by atoms with Gasteiger partial charge < -0.3 is 9.30 Å². The number of para-hydroxylation sites is 1. The van der Waals surface area contributed by atoms with E-state index in [1.165, 1.54) is 33.0 Å². The zero-order valence-electron chi connectivity index (χ0n) is 32.7. The Labute approximate surface area is 349 Å². The van der Waals surface area contributed by atoms with Gasteiger partial charge in [-0.1, -0.05) is 164 Å². The van der Waals surface area contributed by atoms with Gasteiger partial charge in [-0.05, 0) is 116 Å². The van der Waals surface area contributed by atoms with Crippen LogP contribution in [-0.2, 0) is 4.74 Å². The summed E-state index contributed by atoms with van der Waals surface area (Å²) in [5, 5.41) is 19.3. The van der Waals surface area contributed by atoms with Gasteiger partial charge in [0, 0.05) is 27.6 Å². The zero-order chi connectivity index (χ0) is 40.4. The molecule has 60 heavy (non-hydrogen) atoms. The Balaban J connectivity index is 1.03. The van der Waals surface area contributed by atoms with Crippen LogP contribution < -0.4 is 0 Å². The monoisotopic (exact) mass is 769 g/mol. The molecule has 4 nitrogen and oxygen atoms in total. The highest BCUT2D eigenvalue weighted by Gasteiger charge is 2.18. The quantitative estimate of drug-likeness (QED) is 0.117. The van der Waals surface area contributed by atoms with Crippen molar-refractivity contribution in [2.24, 2.45) is 0 Å². The van der Waals surface area contributed by atoms with Gasteiger partial charge in [0.2, 0.25) is 11.8 Å². The normalized spacial score (nSPS) is 11.1. The molecular formula is C56H39N3O. The van der Waals surface area contributed by atoms with Gasteiger partial charge in [-0.2, -0.15) is 0 Å². The first-order valence-electron chi connectivity index (χ1n) is 20.1. The number of ether oxygens (including phenoxy) is 1. The number of benzene rings is 9. The molecule has 0 bridgehead atoms. The lowest BCUT2D eigenvalue weighted by Crippen LogP contribution is -2.12. The molecule has 0 saturated carbocycles. The number of hydrogen-bond acceptors (Lipinski definition) is 3. The standard InChI is InChI=1S/C56H39N3O/c57-55(42-16-6-2-7-17-42)60-56(58)43-30-28-41(29-31-43)47-20-10-12-22-49(47)50-23-13-11-21-48(50)45-33-35-54-52(37-45)51-36-44(32-34-53(51)59(54)46-18-8-3-9-19-46)40-26-24-39(25-27-40)38-14-4-1-5-15-38/h1-37,57-58H. The molecule has 1 aromatic heterocycles. The van der Waals surface area contributed by atoms with Crippen LogP contribution in [0.2, 0.25) is 0 Å². The Morgan fingerprint density at radius 1 is 0.317 bits per heavy atom. The molecule has 0 fully saturated rings. The maximum atomic E-state index is 8.57. The van der Waals surface area contributed by atoms with E-state index in [-0.39, 0.29) is 11.8 Å². The van der Waals surface area contributed by atoms with Crippen LogP contribution in [-0.4, -0.2) is 16.4 Å². The van der Waals surface area contributed by atoms with E-state index in [9.17, 15) is 0 Å². The second-order valence-corrected chi connectivity index (χ2v) is 14.9. The molecule has 0 radical (unpaired) electrons. The number of fused-ring (bicyclic) bond motifs is 3. The average Bonchev–Trinajstić information content (AvgIpc) is 3.65. The molecule has 10 rings (SSSR count). The first-order valence-corrected chi connectivity index (χ1v) is 20.1. The van der Waals surface area contributed by atoms with Crippen molar-refractivity contribution >= 4 is 33.6 Å². The number of nitrogens with zero attached hydrogens (tertiary/aromatic N) is 1. The Morgan fingerprint density at radius 3 is 1.28 bits per heavy atom. The molecule has 0 aliphatic heterocycles. The van der Waals surface area contributed by atoms with Gasteiger partial charge in [-0.3, -0.25) is 10.8 Å². The molecule has 0 unspecified atom stereocenters. The summed E-state index contributed by atoms with van der Waals surface area (Å²) in [6.45, 7) is 0. The maximum Gasteiger partial charge on any atom is 0.221 e. The highest BCUT2D eigenvalue weighted by atomic mass is 16.5. The van der Waals surface area contributed by atoms with E-state index >= 15 is 0 Å². The van der Waals surface area contributed by atoms with Crippen LogP contribution in [0.5, 0.6) is 0 Å². The van der Waals surface area contributed by atoms with Gasteiger partial charge in [-0.15, -0.1) is 0 Å². The van der Waals surface area contributed by atoms with Gasteiger partial charge in [0.05, 0.1) is 11.0 Å². The third kappa shape index (κ3) is 6.86. The van der Waals surface area contributed by atoms with Crippen LogP contribution >= 0.6 is 0 Å². The van der Waals surface area contributed by atoms with Crippen LogP contribution in [0.4, 0.5) is 0 Å². The predicted octanol–water partition coefficient (Wildman–Crippen LogP) is 14.5. The predicted molar refractivity (Wildman–Crippen MR) is 249 cm³/mol. The van der Waals surface area contributed by atoms with Crippen LogP contribution in [0.15, 0.2) is 224 Å². The highest BCUT2D eigenvalue weighted by Crippen LogP contribution is 2.41. The molecule has 9 aromatic carbocycles. The Morgan fingerprint density at radius 2 is 0.700 bits per heavy atom. The van der Waals surface area contributed by atoms with Gasteiger partial charge in [0.25, 0.3) is 0 Å². The van der Waals surface area contributed by atoms with Crippen molar-refractivity contribution in [3.05, 3.63) is 236 Å². The van der Waals surface area contributed by atoms with Crippen molar-refractivity contribution in [3.8, 4) is 61.3 Å². The lowest BCUT2D eigenvalue weighted by molar-refractivity contribution is 0.538. The molecule has 1 heterocycles. The van der Waals surface area contributed by atoms with Crippen LogP contribution in [0, 0.1) is 10.8 Å². The third-order valence-electron chi connectivity index (χ3n) is 11.3. The van der Waals surface area contributed by atoms with Crippen LogP contribution in [0.3, 0.4) is 0 Å². The van der Waals surface area contributed by atoms with Crippen LogP contribution in [0.1, 0.15) is 11.1 Å². The third-order valence-corrected chi connectivity index (χ3v) is 11.3. The van der Waals surface area contributed by atoms with Crippen molar-refractivity contribution in [3.63, 3.8) is 0 Å². The number of aromatic nitrogens is 1. The first kappa shape index (κ1) is 36.3. The van der Waals surface area contributed by atoms with E-state index in [1.54, 1.807) is 12.1 Å². The van der Waals surface area contributed by atoms with Crippen molar-refractivity contribution in [1.29, 1.82) is 10.8 Å². The summed E-state index contributed by atoms with van der Waals surface area (Å²) < 4.78 is 8.00. The molecule has 0 aliphatic carbocycles. The van der Waals surface area contributed by atoms with E-state index in [4.69, 9.17) is 15.6 Å². The fourth-order valence-electron chi connectivity index (χ4n) is 8.26. The largest absolute Gasteiger partial charge is 0.421 e. The Bertz CT molecular complexity index is 3170. The van der Waals surface area contributed by atoms with Crippen molar-refractivity contribution < 1.29 is 4.74 Å². The molecule has 2 N–H and O–H groups in total. The SMILES string of the molecule is N=C(OC(=N)c1ccc(-c2ccccc2-c2ccccc2-c2ccc3c(c2)c2cc(-c4ccc(-c5ccccc5)cc4)ccc2n3-c2ccccc2)cc1)c1ccccc1.